The van der Waals surface area contributed by atoms with Crippen LogP contribution in [0.5, 0.6) is 0 Å². The highest BCUT2D eigenvalue weighted by Gasteiger charge is 2.21. The molecule has 0 saturated carbocycles. The van der Waals surface area contributed by atoms with Crippen molar-refractivity contribution in [1.29, 1.82) is 0 Å². The van der Waals surface area contributed by atoms with Crippen LogP contribution in [0.25, 0.3) is 32.3 Å². The average Bonchev–Trinajstić information content (AvgIpc) is 2.88. The fourth-order valence-electron chi connectivity index (χ4n) is 6.04. The third kappa shape index (κ3) is 3.45. The van der Waals surface area contributed by atoms with Gasteiger partial charge in [-0.25, -0.2) is 0 Å². The third-order valence-corrected chi connectivity index (χ3v) is 7.78. The molecule has 0 N–H and O–H groups in total. The number of hydrogen-bond donors (Lipinski definition) is 0. The lowest BCUT2D eigenvalue weighted by atomic mass is 9.86. The van der Waals surface area contributed by atoms with Crippen LogP contribution in [0.2, 0.25) is 0 Å². The van der Waals surface area contributed by atoms with Crippen molar-refractivity contribution in [2.24, 2.45) is 0 Å². The lowest BCUT2D eigenvalue weighted by Gasteiger charge is -2.29. The molecule has 0 heterocycles. The van der Waals surface area contributed by atoms with Crippen LogP contribution in [0.15, 0.2) is 84.9 Å². The lowest BCUT2D eigenvalue weighted by molar-refractivity contribution is 1.15. The molecule has 1 nitrogen and oxygen atoms in total. The van der Waals surface area contributed by atoms with Gasteiger partial charge in [0.25, 0.3) is 0 Å². The molecule has 6 aromatic rings. The van der Waals surface area contributed by atoms with Gasteiger partial charge in [-0.1, -0.05) is 68.4 Å². The predicted molar refractivity (Wildman–Crippen MR) is 158 cm³/mol. The van der Waals surface area contributed by atoms with Crippen LogP contribution in [0.3, 0.4) is 0 Å². The minimum atomic E-state index is 0.996. The molecular formula is C35H33N. The van der Waals surface area contributed by atoms with Gasteiger partial charge in [0.05, 0.1) is 5.69 Å². The van der Waals surface area contributed by atoms with Gasteiger partial charge in [0, 0.05) is 16.8 Å². The molecule has 0 spiro atoms. The SMILES string of the molecule is CCc1cc(C)c2ccc3c(CC)cc(N(c4cccc(C)c4)c4cccc(C)c4)c4ccc1c2c34. The van der Waals surface area contributed by atoms with Crippen LogP contribution in [-0.2, 0) is 12.8 Å². The molecule has 36 heavy (non-hydrogen) atoms. The van der Waals surface area contributed by atoms with Gasteiger partial charge in [0.15, 0.2) is 0 Å². The first kappa shape index (κ1) is 22.6. The Hall–Kier alpha value is -3.84. The molecule has 1 heteroatoms. The fraction of sp³-hybridized carbons (Fsp3) is 0.200. The minimum Gasteiger partial charge on any atom is -0.310 e. The van der Waals surface area contributed by atoms with Crippen LogP contribution in [0, 0.1) is 20.8 Å². The van der Waals surface area contributed by atoms with E-state index in [1.807, 2.05) is 0 Å². The van der Waals surface area contributed by atoms with Crippen LogP contribution < -0.4 is 4.90 Å². The summed E-state index contributed by atoms with van der Waals surface area (Å²) >= 11 is 0. The Bertz CT molecular complexity index is 1690. The van der Waals surface area contributed by atoms with E-state index >= 15 is 0 Å². The van der Waals surface area contributed by atoms with E-state index in [9.17, 15) is 0 Å². The van der Waals surface area contributed by atoms with Gasteiger partial charge in [-0.2, -0.15) is 0 Å². The Morgan fingerprint density at radius 1 is 0.528 bits per heavy atom. The second-order valence-corrected chi connectivity index (χ2v) is 10.2. The molecule has 0 radical (unpaired) electrons. The summed E-state index contributed by atoms with van der Waals surface area (Å²) in [5, 5.41) is 8.30. The van der Waals surface area contributed by atoms with Crippen molar-refractivity contribution in [3.05, 3.63) is 113 Å². The number of aryl methyl sites for hydroxylation is 5. The summed E-state index contributed by atoms with van der Waals surface area (Å²) in [5.41, 5.74) is 10.4. The topological polar surface area (TPSA) is 3.24 Å². The first-order chi connectivity index (χ1) is 17.5. The molecule has 0 bridgehead atoms. The Morgan fingerprint density at radius 3 is 1.58 bits per heavy atom. The van der Waals surface area contributed by atoms with Gasteiger partial charge in [0.1, 0.15) is 0 Å². The number of benzene rings is 6. The molecule has 0 fully saturated rings. The van der Waals surface area contributed by atoms with E-state index in [4.69, 9.17) is 0 Å². The maximum absolute atomic E-state index is 2.46. The van der Waals surface area contributed by atoms with Crippen molar-refractivity contribution < 1.29 is 0 Å². The highest BCUT2D eigenvalue weighted by atomic mass is 15.1. The molecule has 0 aliphatic rings. The molecule has 6 rings (SSSR count). The van der Waals surface area contributed by atoms with Gasteiger partial charge < -0.3 is 4.90 Å². The zero-order chi connectivity index (χ0) is 25.0. The molecule has 6 aromatic carbocycles. The van der Waals surface area contributed by atoms with Crippen molar-refractivity contribution in [3.8, 4) is 0 Å². The van der Waals surface area contributed by atoms with Crippen molar-refractivity contribution in [2.45, 2.75) is 47.5 Å². The van der Waals surface area contributed by atoms with Crippen LogP contribution in [-0.4, -0.2) is 0 Å². The van der Waals surface area contributed by atoms with Gasteiger partial charge >= 0.3 is 0 Å². The standard InChI is InChI=1S/C35H33N/c1-6-25-20-24(5)29-14-15-31-26(7-2)21-33(32-17-16-30(25)34(29)35(31)32)36(27-12-8-10-22(3)18-27)28-13-9-11-23(4)19-28/h8-21H,6-7H2,1-5H3. The summed E-state index contributed by atoms with van der Waals surface area (Å²) in [5.74, 6) is 0. The summed E-state index contributed by atoms with van der Waals surface area (Å²) in [4.78, 5) is 2.46. The Labute approximate surface area is 214 Å². The second-order valence-electron chi connectivity index (χ2n) is 10.2. The Kier molecular flexibility index (Phi) is 5.45. The first-order valence-electron chi connectivity index (χ1n) is 13.2. The summed E-state index contributed by atoms with van der Waals surface area (Å²) < 4.78 is 0. The molecule has 178 valence electrons. The van der Waals surface area contributed by atoms with Crippen molar-refractivity contribution in [3.63, 3.8) is 0 Å². The highest BCUT2D eigenvalue weighted by Crippen LogP contribution is 2.46. The molecule has 0 aliphatic carbocycles. The van der Waals surface area contributed by atoms with Crippen LogP contribution in [0.1, 0.15) is 41.7 Å². The van der Waals surface area contributed by atoms with E-state index in [0.717, 1.165) is 12.8 Å². The van der Waals surface area contributed by atoms with Gasteiger partial charge in [0.2, 0.25) is 0 Å². The van der Waals surface area contributed by atoms with Gasteiger partial charge in [-0.3, -0.25) is 0 Å². The van der Waals surface area contributed by atoms with E-state index in [0.29, 0.717) is 0 Å². The summed E-state index contributed by atoms with van der Waals surface area (Å²) in [6.45, 7) is 11.2. The zero-order valence-electron chi connectivity index (χ0n) is 21.9. The Morgan fingerprint density at radius 2 is 1.03 bits per heavy atom. The molecule has 0 aromatic heterocycles. The third-order valence-electron chi connectivity index (χ3n) is 7.78. The van der Waals surface area contributed by atoms with E-state index in [-0.39, 0.29) is 0 Å². The van der Waals surface area contributed by atoms with E-state index in [1.54, 1.807) is 0 Å². The molecule has 0 atom stereocenters. The molecule has 0 amide bonds. The summed E-state index contributed by atoms with van der Waals surface area (Å²) in [7, 11) is 0. The zero-order valence-corrected chi connectivity index (χ0v) is 21.9. The van der Waals surface area contributed by atoms with Crippen molar-refractivity contribution in [1.82, 2.24) is 0 Å². The average molecular weight is 468 g/mol. The maximum Gasteiger partial charge on any atom is 0.0543 e. The largest absolute Gasteiger partial charge is 0.310 e. The second kappa shape index (κ2) is 8.68. The monoisotopic (exact) mass is 467 g/mol. The Balaban J connectivity index is 1.79. The summed E-state index contributed by atoms with van der Waals surface area (Å²) in [6, 6.07) is 32.0. The van der Waals surface area contributed by atoms with Gasteiger partial charge in [-0.05, 0) is 119 Å². The number of nitrogens with zero attached hydrogens (tertiary/aromatic N) is 1. The lowest BCUT2D eigenvalue weighted by Crippen LogP contribution is -2.12. The van der Waals surface area contributed by atoms with E-state index in [1.165, 1.54) is 77.2 Å². The normalized spacial score (nSPS) is 11.7. The van der Waals surface area contributed by atoms with E-state index in [2.05, 4.69) is 124 Å². The first-order valence-corrected chi connectivity index (χ1v) is 13.2. The predicted octanol–water partition coefficient (Wildman–Crippen LogP) is 10.1. The van der Waals surface area contributed by atoms with Crippen LogP contribution in [0.4, 0.5) is 17.1 Å². The van der Waals surface area contributed by atoms with Crippen LogP contribution >= 0.6 is 0 Å². The van der Waals surface area contributed by atoms with E-state index < -0.39 is 0 Å². The quantitative estimate of drug-likeness (QED) is 0.228. The number of anilines is 3. The van der Waals surface area contributed by atoms with Gasteiger partial charge in [-0.15, -0.1) is 0 Å². The maximum atomic E-state index is 2.46. The highest BCUT2D eigenvalue weighted by molar-refractivity contribution is 6.27. The molecule has 0 unspecified atom stereocenters. The molecule has 0 aliphatic heterocycles. The minimum absolute atomic E-state index is 0.996. The smallest absolute Gasteiger partial charge is 0.0543 e. The fourth-order valence-corrected chi connectivity index (χ4v) is 6.04. The van der Waals surface area contributed by atoms with Crippen molar-refractivity contribution >= 4 is 49.4 Å². The number of hydrogen-bond acceptors (Lipinski definition) is 1. The molecule has 0 saturated heterocycles. The summed E-state index contributed by atoms with van der Waals surface area (Å²) in [6.07, 6.45) is 2.04. The molecular weight excluding hydrogens is 434 g/mol. The van der Waals surface area contributed by atoms with Crippen molar-refractivity contribution in [2.75, 3.05) is 4.90 Å². The number of rotatable bonds is 5.